The molecule has 0 bridgehead atoms. The van der Waals surface area contributed by atoms with Gasteiger partial charge < -0.3 is 9.84 Å². The molecule has 2 aliphatic carbocycles. The van der Waals surface area contributed by atoms with Crippen molar-refractivity contribution >= 4 is 31.9 Å². The van der Waals surface area contributed by atoms with E-state index in [4.69, 9.17) is 9.84 Å². The molecule has 0 spiro atoms. The zero-order chi connectivity index (χ0) is 19.8. The summed E-state index contributed by atoms with van der Waals surface area (Å²) in [5.74, 6) is 1.69. The van der Waals surface area contributed by atoms with Gasteiger partial charge in [-0.05, 0) is 101 Å². The number of aromatic nitrogens is 2. The van der Waals surface area contributed by atoms with Gasteiger partial charge in [-0.1, -0.05) is 0 Å². The number of rotatable bonds is 4. The van der Waals surface area contributed by atoms with Crippen molar-refractivity contribution in [2.75, 3.05) is 0 Å². The van der Waals surface area contributed by atoms with Crippen molar-refractivity contribution in [1.82, 2.24) is 9.97 Å². The topological polar surface area (TPSA) is 55.2 Å². The van der Waals surface area contributed by atoms with Crippen LogP contribution in [0.1, 0.15) is 39.5 Å². The maximum atomic E-state index is 12.0. The maximum absolute atomic E-state index is 12.0. The monoisotopic (exact) mass is 502 g/mol. The molecule has 2 saturated carbocycles. The van der Waals surface area contributed by atoms with Crippen LogP contribution in [0, 0.1) is 17.8 Å². The number of hydrogen-bond acceptors (Lipinski definition) is 4. The molecule has 2 heterocycles. The lowest BCUT2D eigenvalue weighted by Gasteiger charge is -2.12. The van der Waals surface area contributed by atoms with Gasteiger partial charge in [0.15, 0.2) is 0 Å². The fourth-order valence-electron chi connectivity index (χ4n) is 2.22. The predicted octanol–water partition coefficient (Wildman–Crippen LogP) is 5.78. The van der Waals surface area contributed by atoms with E-state index >= 15 is 0 Å². The fourth-order valence-corrected chi connectivity index (χ4v) is 2.69. The second-order valence-electron chi connectivity index (χ2n) is 6.85. The Bertz CT molecular complexity index is 654. The molecular weight excluding hydrogens is 479 g/mol. The third-order valence-electron chi connectivity index (χ3n) is 4.29. The van der Waals surface area contributed by atoms with Crippen LogP contribution in [0.15, 0.2) is 45.6 Å². The van der Waals surface area contributed by atoms with Gasteiger partial charge in [0.05, 0.1) is 6.10 Å². The molecule has 2 fully saturated rings. The van der Waals surface area contributed by atoms with Crippen LogP contribution in [0.25, 0.3) is 0 Å². The van der Waals surface area contributed by atoms with Gasteiger partial charge in [-0.25, -0.2) is 9.97 Å². The number of pyridine rings is 2. The smallest absolute Gasteiger partial charge is 0.213 e. The molecule has 2 aliphatic rings. The second-order valence-corrected chi connectivity index (χ2v) is 8.68. The van der Waals surface area contributed by atoms with Crippen molar-refractivity contribution in [3.05, 3.63) is 51.6 Å². The Hall–Kier alpha value is -1.05. The number of aliphatic hydroxyl groups is 1. The average Bonchev–Trinajstić information content (AvgIpc) is 3.51. The molecule has 1 N–H and O–H groups in total. The van der Waals surface area contributed by atoms with Crippen LogP contribution in [0.4, 0.5) is 4.39 Å². The molecule has 2 atom stereocenters. The van der Waals surface area contributed by atoms with E-state index in [1.807, 2.05) is 19.1 Å². The molecule has 0 amide bonds. The van der Waals surface area contributed by atoms with Crippen molar-refractivity contribution < 1.29 is 14.2 Å². The Morgan fingerprint density at radius 3 is 1.85 bits per heavy atom. The maximum Gasteiger partial charge on any atom is 0.213 e. The molecule has 2 aromatic heterocycles. The first-order chi connectivity index (χ1) is 12.8. The fraction of sp³-hybridized carbons (Fsp3) is 0.500. The van der Waals surface area contributed by atoms with E-state index in [1.54, 1.807) is 12.3 Å². The summed E-state index contributed by atoms with van der Waals surface area (Å²) in [6.07, 6.45) is 8.55. The van der Waals surface area contributed by atoms with Crippen LogP contribution < -0.4 is 4.74 Å². The first-order valence-electron chi connectivity index (χ1n) is 9.08. The number of halogens is 3. The molecule has 0 saturated heterocycles. The zero-order valence-electron chi connectivity index (χ0n) is 15.5. The van der Waals surface area contributed by atoms with Gasteiger partial charge in [0, 0.05) is 27.4 Å². The van der Waals surface area contributed by atoms with Crippen LogP contribution in [-0.2, 0) is 0 Å². The minimum absolute atomic E-state index is 0.0370. The summed E-state index contributed by atoms with van der Waals surface area (Å²) in [5.41, 5.74) is 0. The Kier molecular flexibility index (Phi) is 9.12. The minimum atomic E-state index is -0.451. The minimum Gasteiger partial charge on any atom is -0.474 e. The normalized spacial score (nSPS) is 17.6. The highest BCUT2D eigenvalue weighted by Gasteiger charge is 2.29. The number of ether oxygens (including phenoxy) is 1. The quantitative estimate of drug-likeness (QED) is 0.537. The van der Waals surface area contributed by atoms with Crippen molar-refractivity contribution in [3.8, 4) is 5.88 Å². The van der Waals surface area contributed by atoms with Gasteiger partial charge in [-0.15, -0.1) is 0 Å². The highest BCUT2D eigenvalue weighted by atomic mass is 79.9. The third-order valence-corrected chi connectivity index (χ3v) is 5.23. The van der Waals surface area contributed by atoms with Crippen LogP contribution >= 0.6 is 31.9 Å². The lowest BCUT2D eigenvalue weighted by Crippen LogP contribution is -2.14. The summed E-state index contributed by atoms with van der Waals surface area (Å²) >= 11 is 6.45. The van der Waals surface area contributed by atoms with E-state index in [1.165, 1.54) is 37.9 Å². The van der Waals surface area contributed by atoms with Crippen molar-refractivity contribution in [1.29, 1.82) is 0 Å². The van der Waals surface area contributed by atoms with Crippen molar-refractivity contribution in [2.45, 2.75) is 51.7 Å². The van der Waals surface area contributed by atoms with E-state index < -0.39 is 5.95 Å². The molecule has 0 unspecified atom stereocenters. The molecule has 0 radical (unpaired) electrons. The first-order valence-corrected chi connectivity index (χ1v) is 10.7. The highest BCUT2D eigenvalue weighted by molar-refractivity contribution is 9.10. The summed E-state index contributed by atoms with van der Waals surface area (Å²) in [6, 6.07) is 6.73. The summed E-state index contributed by atoms with van der Waals surface area (Å²) < 4.78 is 19.4. The zero-order valence-corrected chi connectivity index (χ0v) is 18.7. The third kappa shape index (κ3) is 9.63. The van der Waals surface area contributed by atoms with E-state index in [9.17, 15) is 4.39 Å². The van der Waals surface area contributed by atoms with E-state index in [0.29, 0.717) is 12.0 Å². The van der Waals surface area contributed by atoms with Crippen LogP contribution in [0.5, 0.6) is 5.88 Å². The molecule has 0 aliphatic heterocycles. The van der Waals surface area contributed by atoms with Crippen LogP contribution in [0.2, 0.25) is 0 Å². The van der Waals surface area contributed by atoms with E-state index in [-0.39, 0.29) is 6.10 Å². The molecule has 7 heteroatoms. The molecule has 27 heavy (non-hydrogen) atoms. The predicted molar refractivity (Wildman–Crippen MR) is 111 cm³/mol. The second kappa shape index (κ2) is 11.1. The number of nitrogens with zero attached hydrogens (tertiary/aromatic N) is 2. The highest BCUT2D eigenvalue weighted by Crippen LogP contribution is 2.34. The Morgan fingerprint density at radius 1 is 0.963 bits per heavy atom. The summed E-state index contributed by atoms with van der Waals surface area (Å²) in [7, 11) is 0. The Labute approximate surface area is 176 Å². The van der Waals surface area contributed by atoms with Gasteiger partial charge >= 0.3 is 0 Å². The van der Waals surface area contributed by atoms with Gasteiger partial charge in [0.25, 0.3) is 0 Å². The lowest BCUT2D eigenvalue weighted by molar-refractivity contribution is 0.171. The van der Waals surface area contributed by atoms with Gasteiger partial charge in [-0.3, -0.25) is 0 Å². The summed E-state index contributed by atoms with van der Waals surface area (Å²) in [5, 5.41) is 8.69. The van der Waals surface area contributed by atoms with Gasteiger partial charge in [0.1, 0.15) is 6.10 Å². The SMILES string of the molecule is C[C@H](O)C1CC1.C[C@H](Oc1ccc(Br)cn1)C1CC1.Fc1ccc(Br)cn1. The Balaban J connectivity index is 0.000000159. The van der Waals surface area contributed by atoms with E-state index in [0.717, 1.165) is 20.7 Å². The standard InChI is InChI=1S/C10H12BrNO.C5H3BrFN.C5H10O/c1-7(8-2-3-8)13-10-5-4-9(11)6-12-10;6-4-1-2-5(7)8-3-4;1-4(6)5-2-3-5/h4-8H,2-3H2,1H3;1-3H;4-6H,2-3H2,1H3/t7-;;4-/m0.0/s1. The first kappa shape index (κ1) is 22.2. The molecule has 4 rings (SSSR count). The van der Waals surface area contributed by atoms with Crippen LogP contribution in [-0.4, -0.2) is 27.3 Å². The summed E-state index contributed by atoms with van der Waals surface area (Å²) in [6.45, 7) is 3.97. The molecule has 4 nitrogen and oxygen atoms in total. The average molecular weight is 504 g/mol. The Morgan fingerprint density at radius 2 is 1.52 bits per heavy atom. The molecule has 2 aromatic rings. The number of hydrogen-bond donors (Lipinski definition) is 1. The molecule has 0 aromatic carbocycles. The van der Waals surface area contributed by atoms with Gasteiger partial charge in [0.2, 0.25) is 11.8 Å². The molecular formula is C20H25Br2FN2O2. The van der Waals surface area contributed by atoms with Crippen molar-refractivity contribution in [2.24, 2.45) is 11.8 Å². The molecule has 148 valence electrons. The lowest BCUT2D eigenvalue weighted by atomic mass is 10.3. The van der Waals surface area contributed by atoms with Crippen molar-refractivity contribution in [3.63, 3.8) is 0 Å². The van der Waals surface area contributed by atoms with Gasteiger partial charge in [-0.2, -0.15) is 4.39 Å². The van der Waals surface area contributed by atoms with E-state index in [2.05, 4.69) is 48.8 Å². The number of aliphatic hydroxyl groups excluding tert-OH is 1. The largest absolute Gasteiger partial charge is 0.474 e. The summed E-state index contributed by atoms with van der Waals surface area (Å²) in [4.78, 5) is 7.52. The van der Waals surface area contributed by atoms with Crippen LogP contribution in [0.3, 0.4) is 0 Å².